The summed E-state index contributed by atoms with van der Waals surface area (Å²) in [7, 11) is 0. The van der Waals surface area contributed by atoms with Crippen LogP contribution in [0.2, 0.25) is 0 Å². The smallest absolute Gasteiger partial charge is 0.155 e. The predicted octanol–water partition coefficient (Wildman–Crippen LogP) is 2.69. The lowest BCUT2D eigenvalue weighted by molar-refractivity contribution is 0.316. The number of aromatic nitrogens is 1. The van der Waals surface area contributed by atoms with Gasteiger partial charge in [-0.2, -0.15) is 0 Å². The Morgan fingerprint density at radius 3 is 3.08 bits per heavy atom. The van der Waals surface area contributed by atoms with E-state index in [4.69, 9.17) is 5.21 Å². The minimum Gasteiger partial charge on any atom is -0.290 e. The van der Waals surface area contributed by atoms with Gasteiger partial charge in [0, 0.05) is 11.8 Å². The maximum Gasteiger partial charge on any atom is 0.155 e. The largest absolute Gasteiger partial charge is 0.290 e. The van der Waals surface area contributed by atoms with E-state index in [1.807, 2.05) is 12.4 Å². The summed E-state index contributed by atoms with van der Waals surface area (Å²) >= 11 is 0. The molecular formula is C9H13FN2O. The summed E-state index contributed by atoms with van der Waals surface area (Å²) in [5, 5.41) is 8.66. The van der Waals surface area contributed by atoms with E-state index in [2.05, 4.69) is 4.98 Å². The molecule has 0 unspecified atom stereocenters. The monoisotopic (exact) mass is 184 g/mol. The van der Waals surface area contributed by atoms with Gasteiger partial charge in [-0.3, -0.25) is 10.7 Å². The van der Waals surface area contributed by atoms with Crippen molar-refractivity contribution in [2.45, 2.75) is 25.9 Å². The second kappa shape index (κ2) is 4.77. The third-order valence-electron chi connectivity index (χ3n) is 1.82. The molecule has 0 spiro atoms. The zero-order valence-corrected chi connectivity index (χ0v) is 7.50. The number of nitrogens with one attached hydrogen (secondary N) is 1. The molecule has 4 heteroatoms. The molecule has 0 amide bonds. The molecule has 0 aliphatic rings. The number of halogens is 1. The summed E-state index contributed by atoms with van der Waals surface area (Å²) in [4.78, 5) is 3.80. The van der Waals surface area contributed by atoms with Crippen molar-refractivity contribution < 1.29 is 9.60 Å². The molecule has 2 N–H and O–H groups in total. The van der Waals surface area contributed by atoms with E-state index in [1.165, 1.54) is 6.20 Å². The second-order valence-corrected chi connectivity index (χ2v) is 2.81. The van der Waals surface area contributed by atoms with Crippen LogP contribution < -0.4 is 5.48 Å². The van der Waals surface area contributed by atoms with Crippen molar-refractivity contribution in [3.8, 4) is 0 Å². The van der Waals surface area contributed by atoms with Crippen LogP contribution in [0.1, 0.15) is 31.5 Å². The van der Waals surface area contributed by atoms with Crippen LogP contribution in [0.25, 0.3) is 0 Å². The highest BCUT2D eigenvalue weighted by molar-refractivity contribution is 5.42. The highest BCUT2D eigenvalue weighted by atomic mass is 19.1. The molecule has 1 aromatic heterocycles. The fraction of sp³-hybridized carbons (Fsp3) is 0.444. The Bertz CT molecular complexity index is 268. The topological polar surface area (TPSA) is 45.2 Å². The van der Waals surface area contributed by atoms with Crippen LogP contribution in [0.15, 0.2) is 18.3 Å². The zero-order chi connectivity index (χ0) is 9.68. The molecule has 1 aromatic rings. The van der Waals surface area contributed by atoms with E-state index in [0.717, 1.165) is 6.42 Å². The van der Waals surface area contributed by atoms with Crippen LogP contribution in [-0.4, -0.2) is 10.2 Å². The summed E-state index contributed by atoms with van der Waals surface area (Å²) in [6, 6.07) is 3.27. The SMILES string of the molecule is CCC[C@H](F)c1cccnc1NO. The summed E-state index contributed by atoms with van der Waals surface area (Å²) in [6.07, 6.45) is 1.65. The van der Waals surface area contributed by atoms with Crippen molar-refractivity contribution in [1.29, 1.82) is 0 Å². The Morgan fingerprint density at radius 1 is 1.69 bits per heavy atom. The van der Waals surface area contributed by atoms with Gasteiger partial charge in [0.15, 0.2) is 5.82 Å². The van der Waals surface area contributed by atoms with Gasteiger partial charge in [0.1, 0.15) is 6.17 Å². The number of alkyl halides is 1. The van der Waals surface area contributed by atoms with E-state index in [-0.39, 0.29) is 5.82 Å². The van der Waals surface area contributed by atoms with E-state index >= 15 is 0 Å². The van der Waals surface area contributed by atoms with Gasteiger partial charge in [0.25, 0.3) is 0 Å². The molecule has 1 heterocycles. The first-order valence-corrected chi connectivity index (χ1v) is 4.28. The van der Waals surface area contributed by atoms with Gasteiger partial charge in [-0.1, -0.05) is 19.4 Å². The maximum atomic E-state index is 13.4. The minimum atomic E-state index is -1.06. The molecule has 0 aliphatic carbocycles. The Kier molecular flexibility index (Phi) is 3.64. The first-order valence-electron chi connectivity index (χ1n) is 4.28. The molecule has 0 fully saturated rings. The molecule has 72 valence electrons. The van der Waals surface area contributed by atoms with E-state index in [9.17, 15) is 4.39 Å². The Labute approximate surface area is 76.6 Å². The van der Waals surface area contributed by atoms with Gasteiger partial charge in [0.2, 0.25) is 0 Å². The average Bonchev–Trinajstić information content (AvgIpc) is 2.18. The molecule has 13 heavy (non-hydrogen) atoms. The number of hydrogen-bond acceptors (Lipinski definition) is 3. The van der Waals surface area contributed by atoms with Crippen molar-refractivity contribution >= 4 is 5.82 Å². The number of hydrogen-bond donors (Lipinski definition) is 2. The first kappa shape index (κ1) is 9.92. The second-order valence-electron chi connectivity index (χ2n) is 2.81. The minimum absolute atomic E-state index is 0.198. The Morgan fingerprint density at radius 2 is 2.46 bits per heavy atom. The first-order chi connectivity index (χ1) is 6.29. The molecular weight excluding hydrogens is 171 g/mol. The van der Waals surface area contributed by atoms with Gasteiger partial charge >= 0.3 is 0 Å². The van der Waals surface area contributed by atoms with E-state index < -0.39 is 6.17 Å². The van der Waals surface area contributed by atoms with Crippen LogP contribution in [0, 0.1) is 0 Å². The summed E-state index contributed by atoms with van der Waals surface area (Å²) in [5.74, 6) is 0.198. The van der Waals surface area contributed by atoms with Crippen molar-refractivity contribution in [2.75, 3.05) is 5.48 Å². The average molecular weight is 184 g/mol. The predicted molar refractivity (Wildman–Crippen MR) is 48.4 cm³/mol. The Hall–Kier alpha value is -1.16. The maximum absolute atomic E-state index is 13.4. The standard InChI is InChI=1S/C9H13FN2O/c1-2-4-8(10)7-5-3-6-11-9(7)12-13/h3,5-6,8,13H,2,4H2,1H3,(H,11,12)/t8-/m0/s1. The molecule has 0 saturated carbocycles. The van der Waals surface area contributed by atoms with Crippen LogP contribution in [0.4, 0.5) is 10.2 Å². The van der Waals surface area contributed by atoms with Crippen molar-refractivity contribution in [2.24, 2.45) is 0 Å². The number of anilines is 1. The number of nitrogens with zero attached hydrogens (tertiary/aromatic N) is 1. The van der Waals surface area contributed by atoms with Crippen LogP contribution in [-0.2, 0) is 0 Å². The van der Waals surface area contributed by atoms with Crippen LogP contribution in [0.5, 0.6) is 0 Å². The lowest BCUT2D eigenvalue weighted by atomic mass is 10.1. The van der Waals surface area contributed by atoms with Crippen molar-refractivity contribution in [3.05, 3.63) is 23.9 Å². The molecule has 3 nitrogen and oxygen atoms in total. The van der Waals surface area contributed by atoms with Gasteiger partial charge in [-0.15, -0.1) is 0 Å². The van der Waals surface area contributed by atoms with E-state index in [1.54, 1.807) is 12.1 Å². The molecule has 0 radical (unpaired) electrons. The van der Waals surface area contributed by atoms with Crippen molar-refractivity contribution in [3.63, 3.8) is 0 Å². The lowest BCUT2D eigenvalue weighted by Gasteiger charge is -2.10. The number of pyridine rings is 1. The normalized spacial score (nSPS) is 12.5. The quantitative estimate of drug-likeness (QED) is 0.707. The third-order valence-corrected chi connectivity index (χ3v) is 1.82. The van der Waals surface area contributed by atoms with Gasteiger partial charge in [-0.05, 0) is 12.5 Å². The lowest BCUT2D eigenvalue weighted by Crippen LogP contribution is -2.01. The van der Waals surface area contributed by atoms with Gasteiger partial charge in [0.05, 0.1) is 0 Å². The van der Waals surface area contributed by atoms with Gasteiger partial charge < -0.3 is 0 Å². The molecule has 0 bridgehead atoms. The fourth-order valence-electron chi connectivity index (χ4n) is 1.17. The van der Waals surface area contributed by atoms with Crippen LogP contribution in [0.3, 0.4) is 0 Å². The highest BCUT2D eigenvalue weighted by Gasteiger charge is 2.13. The van der Waals surface area contributed by atoms with Gasteiger partial charge in [-0.25, -0.2) is 9.37 Å². The summed E-state index contributed by atoms with van der Waals surface area (Å²) in [6.45, 7) is 1.91. The molecule has 0 aromatic carbocycles. The fourth-order valence-corrected chi connectivity index (χ4v) is 1.17. The van der Waals surface area contributed by atoms with Crippen molar-refractivity contribution in [1.82, 2.24) is 4.98 Å². The third kappa shape index (κ3) is 2.39. The summed E-state index contributed by atoms with van der Waals surface area (Å²) < 4.78 is 13.4. The zero-order valence-electron chi connectivity index (χ0n) is 7.50. The molecule has 0 aliphatic heterocycles. The highest BCUT2D eigenvalue weighted by Crippen LogP contribution is 2.27. The molecule has 1 atom stereocenters. The van der Waals surface area contributed by atoms with Crippen LogP contribution >= 0.6 is 0 Å². The van der Waals surface area contributed by atoms with E-state index in [0.29, 0.717) is 12.0 Å². The number of rotatable bonds is 4. The summed E-state index contributed by atoms with van der Waals surface area (Å²) in [5.41, 5.74) is 2.29. The molecule has 1 rings (SSSR count). The molecule has 0 saturated heterocycles. The Balaban J connectivity index is 2.85.